The summed E-state index contributed by atoms with van der Waals surface area (Å²) in [4.78, 5) is 14.5. The van der Waals surface area contributed by atoms with Crippen LogP contribution in [0.5, 0.6) is 0 Å². The molecule has 1 aromatic heterocycles. The Kier molecular flexibility index (Phi) is 4.09. The monoisotopic (exact) mass is 296 g/mol. The summed E-state index contributed by atoms with van der Waals surface area (Å²) in [6, 6.07) is 7.24. The lowest BCUT2D eigenvalue weighted by molar-refractivity contribution is -0.138. The van der Waals surface area contributed by atoms with Crippen LogP contribution in [-0.4, -0.2) is 35.4 Å². The lowest BCUT2D eigenvalue weighted by atomic mass is 10.1. The van der Waals surface area contributed by atoms with Crippen LogP contribution in [-0.2, 0) is 23.0 Å². The van der Waals surface area contributed by atoms with Gasteiger partial charge in [-0.05, 0) is 25.0 Å². The molecule has 1 heterocycles. The number of rotatable bonds is 5. The summed E-state index contributed by atoms with van der Waals surface area (Å²) in [6.45, 7) is 3.79. The topological polar surface area (TPSA) is 65.1 Å². The highest BCUT2D eigenvalue weighted by atomic mass is 32.4. The number of aromatic nitrogens is 1. The number of para-hydroxylation sites is 1. The van der Waals surface area contributed by atoms with Crippen LogP contribution in [0.15, 0.2) is 30.5 Å². The Morgan fingerprint density at radius 2 is 2.16 bits per heavy atom. The Hall–Kier alpha value is -1.16. The molecule has 0 aliphatic carbocycles. The molecule has 0 aliphatic rings. The van der Waals surface area contributed by atoms with Crippen molar-refractivity contribution in [2.75, 3.05) is 13.3 Å². The van der Waals surface area contributed by atoms with E-state index < -0.39 is 18.2 Å². The zero-order valence-electron chi connectivity index (χ0n) is 10.9. The largest absolute Gasteiger partial charge is 0.480 e. The molecule has 0 unspecified atom stereocenters. The van der Waals surface area contributed by atoms with E-state index in [2.05, 4.69) is 10.1 Å². The number of aliphatic carboxylic acids is 1. The number of H-pyrrole nitrogens is 1. The zero-order chi connectivity index (χ0) is 14.0. The number of carboxylic acid groups (broad SMARTS) is 1. The molecule has 0 fully saturated rings. The van der Waals surface area contributed by atoms with Gasteiger partial charge in [-0.3, -0.25) is 9.88 Å². The molecule has 2 aromatic rings. The van der Waals surface area contributed by atoms with Gasteiger partial charge in [-0.25, -0.2) is 0 Å². The molecule has 0 spiro atoms. The van der Waals surface area contributed by atoms with E-state index >= 15 is 0 Å². The highest BCUT2D eigenvalue weighted by Crippen LogP contribution is 2.32. The summed E-state index contributed by atoms with van der Waals surface area (Å²) in [5.74, 6) is -0.858. The lowest BCUT2D eigenvalue weighted by Crippen LogP contribution is -2.36. The molecular weight excluding hydrogens is 279 g/mol. The molecule has 6 heteroatoms. The fourth-order valence-corrected chi connectivity index (χ4v) is 3.42. The van der Waals surface area contributed by atoms with Crippen molar-refractivity contribution in [2.24, 2.45) is 0 Å². The number of nitrogens with one attached hydrogen (secondary N) is 2. The highest BCUT2D eigenvalue weighted by Gasteiger charge is 2.22. The number of carbonyl (C=O) groups is 1. The first-order chi connectivity index (χ1) is 8.87. The summed E-state index contributed by atoms with van der Waals surface area (Å²) in [5.41, 5.74) is 2.02. The lowest BCUT2D eigenvalue weighted by Gasteiger charge is -2.19. The van der Waals surface area contributed by atoms with Gasteiger partial charge >= 0.3 is 5.97 Å². The maximum absolute atomic E-state index is 11.3. The van der Waals surface area contributed by atoms with Gasteiger partial charge in [0.05, 0.1) is 0 Å². The van der Waals surface area contributed by atoms with Crippen molar-refractivity contribution in [1.82, 2.24) is 10.1 Å². The molecule has 4 nitrogen and oxygen atoms in total. The second-order valence-electron chi connectivity index (χ2n) is 4.93. The second-order valence-corrected chi connectivity index (χ2v) is 10.6. The average molecular weight is 296 g/mol. The molecule has 0 radical (unpaired) electrons. The van der Waals surface area contributed by atoms with Crippen LogP contribution in [0.2, 0.25) is 0 Å². The van der Waals surface area contributed by atoms with E-state index in [0.717, 1.165) is 16.5 Å². The van der Waals surface area contributed by atoms with Gasteiger partial charge in [0, 0.05) is 29.7 Å². The third-order valence-electron chi connectivity index (χ3n) is 2.86. The number of hydrogen-bond donors (Lipinski definition) is 3. The van der Waals surface area contributed by atoms with E-state index in [9.17, 15) is 9.90 Å². The minimum Gasteiger partial charge on any atom is -0.480 e. The van der Waals surface area contributed by atoms with E-state index in [-0.39, 0.29) is 0 Å². The van der Waals surface area contributed by atoms with Gasteiger partial charge in [-0.1, -0.05) is 30.0 Å². The Bertz CT molecular complexity index is 647. The van der Waals surface area contributed by atoms with Gasteiger partial charge in [0.25, 0.3) is 0 Å². The third kappa shape index (κ3) is 3.66. The molecule has 1 aromatic carbocycles. The Balaban J connectivity index is 2.26. The minimum atomic E-state index is -1.76. The number of fused-ring (bicyclic) bond motifs is 1. The normalized spacial score (nSPS) is 13.6. The maximum atomic E-state index is 11.3. The fourth-order valence-electron chi connectivity index (χ4n) is 2.08. The van der Waals surface area contributed by atoms with Crippen LogP contribution in [0.25, 0.3) is 10.9 Å². The van der Waals surface area contributed by atoms with Crippen LogP contribution in [0, 0.1) is 0 Å². The molecule has 3 N–H and O–H groups in total. The van der Waals surface area contributed by atoms with Crippen LogP contribution in [0.1, 0.15) is 5.56 Å². The first kappa shape index (κ1) is 14.3. The van der Waals surface area contributed by atoms with Gasteiger partial charge in [-0.2, -0.15) is 0 Å². The molecule has 0 saturated carbocycles. The molecule has 1 atom stereocenters. The van der Waals surface area contributed by atoms with E-state index in [1.54, 1.807) is 0 Å². The van der Waals surface area contributed by atoms with Gasteiger partial charge in [0.15, 0.2) is 0 Å². The summed E-state index contributed by atoms with van der Waals surface area (Å²) in [5, 5.41) is 13.4. The fraction of sp³-hybridized carbons (Fsp3) is 0.308. The average Bonchev–Trinajstić information content (AvgIpc) is 2.70. The van der Waals surface area contributed by atoms with Crippen LogP contribution in [0.3, 0.4) is 0 Å². The molecule has 19 heavy (non-hydrogen) atoms. The van der Waals surface area contributed by atoms with Crippen molar-refractivity contribution in [3.63, 3.8) is 0 Å². The Morgan fingerprint density at radius 1 is 1.47 bits per heavy atom. The zero-order valence-corrected chi connectivity index (χ0v) is 12.6. The summed E-state index contributed by atoms with van der Waals surface area (Å²) in [7, 11) is 0. The van der Waals surface area contributed by atoms with Crippen molar-refractivity contribution >= 4 is 34.9 Å². The molecule has 102 valence electrons. The van der Waals surface area contributed by atoms with Crippen molar-refractivity contribution < 1.29 is 9.90 Å². The summed E-state index contributed by atoms with van der Waals surface area (Å²) in [6.07, 6.45) is 0.540. The second kappa shape index (κ2) is 5.45. The van der Waals surface area contributed by atoms with E-state index in [0.29, 0.717) is 6.42 Å². The van der Waals surface area contributed by atoms with Crippen molar-refractivity contribution in [1.29, 1.82) is 0 Å². The van der Waals surface area contributed by atoms with Crippen molar-refractivity contribution in [3.05, 3.63) is 36.0 Å². The quantitative estimate of drug-likeness (QED) is 0.741. The maximum Gasteiger partial charge on any atom is 0.321 e. The first-order valence-corrected chi connectivity index (χ1v) is 9.67. The molecule has 2 rings (SSSR count). The van der Waals surface area contributed by atoms with Crippen molar-refractivity contribution in [2.45, 2.75) is 12.5 Å². The summed E-state index contributed by atoms with van der Waals surface area (Å²) < 4.78 is 0. The van der Waals surface area contributed by atoms with Crippen molar-refractivity contribution in [3.8, 4) is 0 Å². The number of carboxylic acids is 1. The SMILES string of the molecule is CP(C)(=S)N[C@@H](Cc1c[nH]c2ccccc12)C(=O)O. The molecule has 0 amide bonds. The molecule has 0 aliphatic heterocycles. The Morgan fingerprint density at radius 3 is 2.79 bits per heavy atom. The standard InChI is InChI=1S/C13H17N2O2PS/c1-18(2,19)15-12(13(16)17)7-9-8-14-11-6-4-3-5-10(9)11/h3-6,8,12,14H,7H2,1-2H3,(H,15,19)(H,16,17)/t12-/m0/s1. The third-order valence-corrected chi connectivity index (χ3v) is 4.11. The smallest absolute Gasteiger partial charge is 0.321 e. The number of benzene rings is 1. The van der Waals surface area contributed by atoms with E-state index in [1.807, 2.05) is 43.8 Å². The Labute approximate surface area is 117 Å². The van der Waals surface area contributed by atoms with Gasteiger partial charge < -0.3 is 10.1 Å². The number of hydrogen-bond acceptors (Lipinski definition) is 2. The minimum absolute atomic E-state index is 0.430. The predicted molar refractivity (Wildman–Crippen MR) is 82.7 cm³/mol. The molecule has 0 bridgehead atoms. The summed E-state index contributed by atoms with van der Waals surface area (Å²) >= 11 is 5.30. The van der Waals surface area contributed by atoms with Gasteiger partial charge in [0.2, 0.25) is 0 Å². The molecule has 0 saturated heterocycles. The van der Waals surface area contributed by atoms with Crippen LogP contribution < -0.4 is 5.09 Å². The highest BCUT2D eigenvalue weighted by molar-refractivity contribution is 8.13. The number of aromatic amines is 1. The van der Waals surface area contributed by atoms with Gasteiger partial charge in [-0.15, -0.1) is 0 Å². The van der Waals surface area contributed by atoms with E-state index in [1.165, 1.54) is 0 Å². The molecular formula is C13H17N2O2PS. The van der Waals surface area contributed by atoms with Crippen LogP contribution >= 0.6 is 6.19 Å². The van der Waals surface area contributed by atoms with Crippen LogP contribution in [0.4, 0.5) is 0 Å². The van der Waals surface area contributed by atoms with E-state index in [4.69, 9.17) is 11.8 Å². The predicted octanol–water partition coefficient (Wildman–Crippen LogP) is 2.41. The first-order valence-electron chi connectivity index (χ1n) is 5.97. The van der Waals surface area contributed by atoms with Gasteiger partial charge in [0.1, 0.15) is 6.04 Å².